The van der Waals surface area contributed by atoms with Gasteiger partial charge in [0.1, 0.15) is 5.75 Å². The molecule has 0 atom stereocenters. The van der Waals surface area contributed by atoms with Crippen LogP contribution in [0.25, 0.3) is 0 Å². The van der Waals surface area contributed by atoms with Crippen molar-refractivity contribution >= 4 is 17.6 Å². The van der Waals surface area contributed by atoms with Crippen LogP contribution in [0, 0.1) is 6.92 Å². The lowest BCUT2D eigenvalue weighted by atomic mass is 10.2. The highest BCUT2D eigenvalue weighted by Crippen LogP contribution is 2.36. The summed E-state index contributed by atoms with van der Waals surface area (Å²) in [7, 11) is 2.96. The summed E-state index contributed by atoms with van der Waals surface area (Å²) in [5, 5.41) is 0.429. The number of ether oxygens (including phenoxy) is 4. The number of rotatable bonds is 6. The molecule has 0 bridgehead atoms. The van der Waals surface area contributed by atoms with Gasteiger partial charge in [0, 0.05) is 0 Å². The van der Waals surface area contributed by atoms with Crippen molar-refractivity contribution in [2.75, 3.05) is 20.8 Å². The van der Waals surface area contributed by atoms with Crippen LogP contribution in [-0.2, 0) is 4.79 Å². The predicted octanol–water partition coefficient (Wildman–Crippen LogP) is 3.65. The summed E-state index contributed by atoms with van der Waals surface area (Å²) in [5.74, 6) is 0.833. The van der Waals surface area contributed by atoms with Crippen molar-refractivity contribution in [1.29, 1.82) is 0 Å². The number of esters is 1. The molecule has 2 aromatic rings. The first kappa shape index (κ1) is 17.0. The minimum absolute atomic E-state index is 0.210. The van der Waals surface area contributed by atoms with Crippen LogP contribution in [0.3, 0.4) is 0 Å². The van der Waals surface area contributed by atoms with Crippen LogP contribution in [0.4, 0.5) is 0 Å². The molecule has 0 fully saturated rings. The lowest BCUT2D eigenvalue weighted by Crippen LogP contribution is -2.18. The van der Waals surface area contributed by atoms with Gasteiger partial charge < -0.3 is 18.9 Å². The number of benzene rings is 2. The van der Waals surface area contributed by atoms with E-state index in [1.807, 2.05) is 13.0 Å². The molecule has 0 aliphatic rings. The second-order valence-electron chi connectivity index (χ2n) is 4.69. The molecule has 2 rings (SSSR count). The van der Waals surface area contributed by atoms with Crippen molar-refractivity contribution in [3.05, 3.63) is 47.0 Å². The highest BCUT2D eigenvalue weighted by atomic mass is 35.5. The minimum Gasteiger partial charge on any atom is -0.493 e. The molecule has 2 aromatic carbocycles. The fraction of sp³-hybridized carbons (Fsp3) is 0.235. The van der Waals surface area contributed by atoms with Gasteiger partial charge in [0.25, 0.3) is 0 Å². The maximum Gasteiger partial charge on any atom is 0.349 e. The topological polar surface area (TPSA) is 54.0 Å². The Morgan fingerprint density at radius 1 is 1.04 bits per heavy atom. The number of carbonyl (C=O) groups is 1. The first-order valence-corrected chi connectivity index (χ1v) is 7.23. The Bertz CT molecular complexity index is 677. The fourth-order valence-electron chi connectivity index (χ4n) is 1.92. The smallest absolute Gasteiger partial charge is 0.349 e. The van der Waals surface area contributed by atoms with Crippen molar-refractivity contribution in [3.8, 4) is 23.0 Å². The first-order chi connectivity index (χ1) is 11.0. The third-order valence-electron chi connectivity index (χ3n) is 3.03. The second kappa shape index (κ2) is 7.74. The Kier molecular flexibility index (Phi) is 5.71. The Hall–Kier alpha value is -2.40. The second-order valence-corrected chi connectivity index (χ2v) is 5.10. The molecular weight excluding hydrogens is 320 g/mol. The van der Waals surface area contributed by atoms with Gasteiger partial charge in [-0.25, -0.2) is 4.79 Å². The van der Waals surface area contributed by atoms with Crippen molar-refractivity contribution in [2.24, 2.45) is 0 Å². The summed E-state index contributed by atoms with van der Waals surface area (Å²) in [6, 6.07) is 10.4. The molecule has 23 heavy (non-hydrogen) atoms. The van der Waals surface area contributed by atoms with E-state index < -0.39 is 5.97 Å². The van der Waals surface area contributed by atoms with Gasteiger partial charge in [-0.2, -0.15) is 0 Å². The van der Waals surface area contributed by atoms with Crippen LogP contribution in [0.5, 0.6) is 23.0 Å². The molecule has 6 heteroatoms. The molecule has 0 saturated heterocycles. The number of methoxy groups -OCH3 is 2. The summed E-state index contributed by atoms with van der Waals surface area (Å²) in [4.78, 5) is 12.0. The minimum atomic E-state index is -0.592. The van der Waals surface area contributed by atoms with Gasteiger partial charge in [0.05, 0.1) is 19.2 Å². The van der Waals surface area contributed by atoms with Gasteiger partial charge in [-0.05, 0) is 36.8 Å². The van der Waals surface area contributed by atoms with Gasteiger partial charge in [-0.1, -0.05) is 23.7 Å². The maximum absolute atomic E-state index is 12.0. The van der Waals surface area contributed by atoms with E-state index in [0.717, 1.165) is 5.56 Å². The van der Waals surface area contributed by atoms with Gasteiger partial charge in [-0.15, -0.1) is 0 Å². The molecular formula is C17H17ClO5. The number of hydrogen-bond acceptors (Lipinski definition) is 5. The van der Waals surface area contributed by atoms with Crippen LogP contribution in [-0.4, -0.2) is 26.8 Å². The summed E-state index contributed by atoms with van der Waals surface area (Å²) in [5.41, 5.74) is 0.976. The standard InChI is InChI=1S/C17H17ClO5/c1-11-7-8-12(18)15(9-11)22-10-16(19)23-17-13(20-2)5-4-6-14(17)21-3/h4-9H,10H2,1-3H3. The highest BCUT2D eigenvalue weighted by Gasteiger charge is 2.16. The van der Waals surface area contributed by atoms with Crippen LogP contribution in [0.2, 0.25) is 5.02 Å². The SMILES string of the molecule is COc1cccc(OC)c1OC(=O)COc1cc(C)ccc1Cl. The van der Waals surface area contributed by atoms with Crippen LogP contribution in [0.1, 0.15) is 5.56 Å². The average molecular weight is 337 g/mol. The van der Waals surface area contributed by atoms with Crippen molar-refractivity contribution in [3.63, 3.8) is 0 Å². The monoisotopic (exact) mass is 336 g/mol. The van der Waals surface area contributed by atoms with E-state index in [9.17, 15) is 4.79 Å². The summed E-state index contributed by atoms with van der Waals surface area (Å²) in [6.45, 7) is 1.62. The van der Waals surface area contributed by atoms with E-state index >= 15 is 0 Å². The number of para-hydroxylation sites is 1. The van der Waals surface area contributed by atoms with Gasteiger partial charge in [-0.3, -0.25) is 0 Å². The van der Waals surface area contributed by atoms with E-state index in [2.05, 4.69) is 0 Å². The molecule has 5 nitrogen and oxygen atoms in total. The Labute approximate surface area is 139 Å². The molecule has 0 heterocycles. The number of carbonyl (C=O) groups excluding carboxylic acids is 1. The predicted molar refractivity (Wildman–Crippen MR) is 86.9 cm³/mol. The molecule has 0 amide bonds. The number of halogens is 1. The van der Waals surface area contributed by atoms with Crippen LogP contribution >= 0.6 is 11.6 Å². The van der Waals surface area contributed by atoms with Crippen LogP contribution < -0.4 is 18.9 Å². The van der Waals surface area contributed by atoms with E-state index in [-0.39, 0.29) is 12.4 Å². The molecule has 0 N–H and O–H groups in total. The van der Waals surface area contributed by atoms with E-state index in [1.165, 1.54) is 14.2 Å². The maximum atomic E-state index is 12.0. The molecule has 0 saturated carbocycles. The molecule has 0 unspecified atom stereocenters. The number of aryl methyl sites for hydroxylation is 1. The Morgan fingerprint density at radius 2 is 1.70 bits per heavy atom. The van der Waals surface area contributed by atoms with Gasteiger partial charge in [0.2, 0.25) is 5.75 Å². The Balaban J connectivity index is 2.07. The average Bonchev–Trinajstić information content (AvgIpc) is 2.55. The third kappa shape index (κ3) is 4.29. The summed E-state index contributed by atoms with van der Waals surface area (Å²) in [6.07, 6.45) is 0. The fourth-order valence-corrected chi connectivity index (χ4v) is 2.09. The van der Waals surface area contributed by atoms with Crippen molar-refractivity contribution < 1.29 is 23.7 Å². The summed E-state index contributed by atoms with van der Waals surface area (Å²) >= 11 is 6.02. The zero-order chi connectivity index (χ0) is 16.8. The lowest BCUT2D eigenvalue weighted by molar-refractivity contribution is -0.136. The number of hydrogen-bond donors (Lipinski definition) is 0. The summed E-state index contributed by atoms with van der Waals surface area (Å²) < 4.78 is 21.0. The van der Waals surface area contributed by atoms with E-state index in [1.54, 1.807) is 30.3 Å². The first-order valence-electron chi connectivity index (χ1n) is 6.85. The van der Waals surface area contributed by atoms with Gasteiger partial charge in [0.15, 0.2) is 18.1 Å². The van der Waals surface area contributed by atoms with Crippen molar-refractivity contribution in [1.82, 2.24) is 0 Å². The van der Waals surface area contributed by atoms with Gasteiger partial charge >= 0.3 is 5.97 Å². The van der Waals surface area contributed by atoms with E-state index in [0.29, 0.717) is 22.3 Å². The normalized spacial score (nSPS) is 10.1. The molecule has 0 radical (unpaired) electrons. The van der Waals surface area contributed by atoms with Crippen LogP contribution in [0.15, 0.2) is 36.4 Å². The highest BCUT2D eigenvalue weighted by molar-refractivity contribution is 6.32. The molecule has 0 aliphatic heterocycles. The third-order valence-corrected chi connectivity index (χ3v) is 3.34. The molecule has 0 aliphatic carbocycles. The Morgan fingerprint density at radius 3 is 2.30 bits per heavy atom. The van der Waals surface area contributed by atoms with E-state index in [4.69, 9.17) is 30.5 Å². The molecule has 122 valence electrons. The zero-order valence-electron chi connectivity index (χ0n) is 13.1. The van der Waals surface area contributed by atoms with Crippen molar-refractivity contribution in [2.45, 2.75) is 6.92 Å². The lowest BCUT2D eigenvalue weighted by Gasteiger charge is -2.13. The zero-order valence-corrected chi connectivity index (χ0v) is 13.8. The molecule has 0 aromatic heterocycles. The quantitative estimate of drug-likeness (QED) is 0.595. The molecule has 0 spiro atoms. The largest absolute Gasteiger partial charge is 0.493 e.